The first kappa shape index (κ1) is 17.7. The van der Waals surface area contributed by atoms with Crippen molar-refractivity contribution >= 4 is 23.4 Å². The van der Waals surface area contributed by atoms with Crippen molar-refractivity contribution in [2.24, 2.45) is 5.73 Å². The van der Waals surface area contributed by atoms with Crippen LogP contribution in [-0.2, 0) is 29.3 Å². The van der Waals surface area contributed by atoms with Crippen molar-refractivity contribution in [1.29, 1.82) is 0 Å². The van der Waals surface area contributed by atoms with E-state index < -0.39 is 17.4 Å². The third-order valence-corrected chi connectivity index (χ3v) is 4.77. The van der Waals surface area contributed by atoms with Gasteiger partial charge in [0.2, 0.25) is 0 Å². The van der Waals surface area contributed by atoms with Crippen LogP contribution in [0, 0.1) is 0 Å². The van der Waals surface area contributed by atoms with Gasteiger partial charge < -0.3 is 20.1 Å². The van der Waals surface area contributed by atoms with Gasteiger partial charge in [-0.2, -0.15) is 0 Å². The van der Waals surface area contributed by atoms with Gasteiger partial charge in [-0.15, -0.1) is 0 Å². The van der Waals surface area contributed by atoms with Gasteiger partial charge in [-0.3, -0.25) is 4.79 Å². The number of nitrogens with zero attached hydrogens (tertiary/aromatic N) is 1. The van der Waals surface area contributed by atoms with Crippen LogP contribution in [0.15, 0.2) is 47.0 Å². The van der Waals surface area contributed by atoms with Gasteiger partial charge in [0, 0.05) is 18.3 Å². The molecule has 0 aromatic heterocycles. The molecule has 3 rings (SSSR count). The van der Waals surface area contributed by atoms with Crippen molar-refractivity contribution in [3.05, 3.63) is 52.6 Å². The van der Waals surface area contributed by atoms with Crippen molar-refractivity contribution in [3.63, 3.8) is 0 Å². The lowest BCUT2D eigenvalue weighted by Gasteiger charge is -2.39. The largest absolute Gasteiger partial charge is 0.462 e. The summed E-state index contributed by atoms with van der Waals surface area (Å²) in [6.45, 7) is 4.62. The van der Waals surface area contributed by atoms with Crippen LogP contribution < -0.4 is 10.6 Å². The molecule has 0 fully saturated rings. The molecule has 2 aliphatic rings. The van der Waals surface area contributed by atoms with Crippen LogP contribution in [0.2, 0.25) is 0 Å². The van der Waals surface area contributed by atoms with Gasteiger partial charge >= 0.3 is 11.9 Å². The second-order valence-electron chi connectivity index (χ2n) is 6.18. The number of carbonyl (C=O) groups excluding carboxylic acids is 3. The zero-order chi connectivity index (χ0) is 19.2. The topological polar surface area (TPSA) is 98.9 Å². The average Bonchev–Trinajstić information content (AvgIpc) is 2.84. The summed E-state index contributed by atoms with van der Waals surface area (Å²) >= 11 is 0. The number of ether oxygens (including phenoxy) is 2. The van der Waals surface area contributed by atoms with Gasteiger partial charge in [-0.25, -0.2) is 9.59 Å². The molecule has 26 heavy (non-hydrogen) atoms. The van der Waals surface area contributed by atoms with Crippen molar-refractivity contribution in [2.45, 2.75) is 26.2 Å². The number of benzene rings is 1. The van der Waals surface area contributed by atoms with E-state index in [1.165, 1.54) is 13.8 Å². The number of carbonyl (C=O) groups is 3. The van der Waals surface area contributed by atoms with Crippen LogP contribution in [0.1, 0.15) is 26.3 Å². The van der Waals surface area contributed by atoms with Crippen molar-refractivity contribution < 1.29 is 23.9 Å². The highest BCUT2D eigenvalue weighted by atomic mass is 16.5. The Balaban J connectivity index is 2.47. The van der Waals surface area contributed by atoms with Gasteiger partial charge in [0.25, 0.3) is 0 Å². The van der Waals surface area contributed by atoms with E-state index in [4.69, 9.17) is 15.2 Å². The van der Waals surface area contributed by atoms with Crippen LogP contribution in [0.5, 0.6) is 0 Å². The molecular formula is C19H20N2O5. The van der Waals surface area contributed by atoms with E-state index in [-0.39, 0.29) is 35.1 Å². The number of fused-ring (bicyclic) bond motifs is 2. The number of nitrogens with two attached hydrogens (primary N) is 1. The molecule has 136 valence electrons. The maximum Gasteiger partial charge on any atom is 0.339 e. The number of allylic oxidation sites excluding steroid dienone is 1. The second kappa shape index (κ2) is 6.01. The van der Waals surface area contributed by atoms with Crippen molar-refractivity contribution in [3.8, 4) is 0 Å². The summed E-state index contributed by atoms with van der Waals surface area (Å²) in [5.41, 5.74) is 5.62. The predicted molar refractivity (Wildman–Crippen MR) is 93.8 cm³/mol. The first-order valence-electron chi connectivity index (χ1n) is 8.23. The fourth-order valence-corrected chi connectivity index (χ4v) is 3.78. The quantitative estimate of drug-likeness (QED) is 0.820. The molecule has 1 aromatic carbocycles. The molecule has 0 saturated heterocycles. The Morgan fingerprint density at radius 2 is 1.92 bits per heavy atom. The van der Waals surface area contributed by atoms with E-state index in [0.717, 1.165) is 0 Å². The van der Waals surface area contributed by atoms with E-state index in [2.05, 4.69) is 0 Å². The monoisotopic (exact) mass is 356 g/mol. The fourth-order valence-electron chi connectivity index (χ4n) is 3.78. The zero-order valence-electron chi connectivity index (χ0n) is 15.1. The molecule has 0 bridgehead atoms. The number of esters is 2. The minimum atomic E-state index is -1.73. The molecule has 1 aromatic rings. The lowest BCUT2D eigenvalue weighted by atomic mass is 9.65. The van der Waals surface area contributed by atoms with E-state index in [1.54, 1.807) is 43.1 Å². The Bertz CT molecular complexity index is 899. The standard InChI is InChI=1S/C19H20N2O5/c1-5-25-17(23)15-16(20)21(4)13-9-7-6-8-12(13)19(15)14(10(2)22)11(3)26-18(19)24/h6-9H,5,20H2,1-4H3/t19-/m1/s1. The molecule has 1 atom stereocenters. The molecule has 0 unspecified atom stereocenters. The number of hydrogen-bond donors (Lipinski definition) is 1. The van der Waals surface area contributed by atoms with E-state index in [9.17, 15) is 14.4 Å². The summed E-state index contributed by atoms with van der Waals surface area (Å²) in [6, 6.07) is 6.98. The molecule has 2 N–H and O–H groups in total. The Morgan fingerprint density at radius 3 is 2.54 bits per heavy atom. The smallest absolute Gasteiger partial charge is 0.339 e. The number of anilines is 1. The highest BCUT2D eigenvalue weighted by Crippen LogP contribution is 2.53. The second-order valence-corrected chi connectivity index (χ2v) is 6.18. The Kier molecular flexibility index (Phi) is 4.10. The summed E-state index contributed by atoms with van der Waals surface area (Å²) in [5, 5.41) is 0. The molecule has 7 heteroatoms. The van der Waals surface area contributed by atoms with E-state index in [1.807, 2.05) is 0 Å². The number of hydrogen-bond acceptors (Lipinski definition) is 7. The first-order valence-corrected chi connectivity index (χ1v) is 8.23. The van der Waals surface area contributed by atoms with Crippen LogP contribution in [0.4, 0.5) is 5.69 Å². The normalized spacial score (nSPS) is 21.8. The summed E-state index contributed by atoms with van der Waals surface area (Å²) in [7, 11) is 1.69. The molecule has 0 amide bonds. The summed E-state index contributed by atoms with van der Waals surface area (Å²) in [5.74, 6) is -1.64. The number of rotatable bonds is 3. The van der Waals surface area contributed by atoms with E-state index in [0.29, 0.717) is 11.3 Å². The average molecular weight is 356 g/mol. The molecule has 2 aliphatic heterocycles. The third-order valence-electron chi connectivity index (χ3n) is 4.77. The lowest BCUT2D eigenvalue weighted by molar-refractivity contribution is -0.146. The van der Waals surface area contributed by atoms with Gasteiger partial charge in [0.1, 0.15) is 17.2 Å². The molecule has 1 spiro atoms. The van der Waals surface area contributed by atoms with Gasteiger partial charge in [-0.1, -0.05) is 18.2 Å². The Labute approximate surface area is 151 Å². The Hall–Kier alpha value is -3.09. The zero-order valence-corrected chi connectivity index (χ0v) is 15.1. The fraction of sp³-hybridized carbons (Fsp3) is 0.316. The lowest BCUT2D eigenvalue weighted by Crippen LogP contribution is -2.49. The predicted octanol–water partition coefficient (Wildman–Crippen LogP) is 1.53. The molecule has 0 aliphatic carbocycles. The number of ketones is 1. The van der Waals surface area contributed by atoms with Crippen LogP contribution in [-0.4, -0.2) is 31.4 Å². The molecule has 0 radical (unpaired) electrons. The van der Waals surface area contributed by atoms with E-state index >= 15 is 0 Å². The molecule has 0 saturated carbocycles. The van der Waals surface area contributed by atoms with Gasteiger partial charge in [-0.05, 0) is 26.8 Å². The summed E-state index contributed by atoms with van der Waals surface area (Å²) in [4.78, 5) is 40.0. The van der Waals surface area contributed by atoms with Crippen LogP contribution in [0.3, 0.4) is 0 Å². The SMILES string of the molecule is CCOC(=O)C1=C(N)N(C)c2ccccc2[C@]12C(=O)OC(C)=C2C(C)=O. The highest BCUT2D eigenvalue weighted by molar-refractivity contribution is 6.17. The molecule has 7 nitrogen and oxygen atoms in total. The van der Waals surface area contributed by atoms with Gasteiger partial charge in [0.05, 0.1) is 12.2 Å². The maximum atomic E-state index is 13.1. The highest BCUT2D eigenvalue weighted by Gasteiger charge is 2.62. The maximum absolute atomic E-state index is 13.1. The summed E-state index contributed by atoms with van der Waals surface area (Å²) in [6.07, 6.45) is 0. The van der Waals surface area contributed by atoms with Crippen LogP contribution >= 0.6 is 0 Å². The number of cyclic esters (lactones) is 1. The summed E-state index contributed by atoms with van der Waals surface area (Å²) < 4.78 is 10.5. The molecular weight excluding hydrogens is 336 g/mol. The number of para-hydroxylation sites is 1. The minimum absolute atomic E-state index is 0.0487. The van der Waals surface area contributed by atoms with Crippen molar-refractivity contribution in [1.82, 2.24) is 0 Å². The number of Topliss-reactive ketones (excluding diaryl/α,β-unsaturated/α-hetero) is 1. The Morgan fingerprint density at radius 1 is 1.27 bits per heavy atom. The van der Waals surface area contributed by atoms with Crippen molar-refractivity contribution in [2.75, 3.05) is 18.6 Å². The third kappa shape index (κ3) is 2.09. The van der Waals surface area contributed by atoms with Crippen LogP contribution in [0.25, 0.3) is 0 Å². The first-order chi connectivity index (χ1) is 12.3. The van der Waals surface area contributed by atoms with Gasteiger partial charge in [0.15, 0.2) is 11.2 Å². The molecule has 2 heterocycles. The minimum Gasteiger partial charge on any atom is -0.462 e.